The normalized spacial score (nSPS) is 12.7. The fourth-order valence-corrected chi connectivity index (χ4v) is 3.05. The molecule has 0 saturated carbocycles. The third-order valence-electron chi connectivity index (χ3n) is 4.61. The Hall–Kier alpha value is -3.15. The second-order valence-corrected chi connectivity index (χ2v) is 7.27. The molecular weight excluding hydrogens is 368 g/mol. The van der Waals surface area contributed by atoms with Gasteiger partial charge in [-0.25, -0.2) is 4.79 Å². The molecule has 2 aromatic carbocycles. The standard InChI is InChI=1S/C23H28N2O4/c1-15(2)21(24-16(3)26)22(27)25-20(23(28)29-4)14-17-10-12-19(13-11-17)18-8-6-5-7-9-18/h5-13,15,20-21H,14H2,1-4H3,(H,24,26)(H,25,27)/t20-,21+/m0/s1. The van der Waals surface area contributed by atoms with Crippen molar-refractivity contribution in [1.29, 1.82) is 0 Å². The van der Waals surface area contributed by atoms with Crippen LogP contribution in [-0.4, -0.2) is 37.0 Å². The zero-order chi connectivity index (χ0) is 21.4. The molecule has 2 amide bonds. The first kappa shape index (κ1) is 22.1. The Labute approximate surface area is 171 Å². The number of esters is 1. The predicted molar refractivity (Wildman–Crippen MR) is 112 cm³/mol. The first-order valence-corrected chi connectivity index (χ1v) is 9.61. The largest absolute Gasteiger partial charge is 0.467 e. The summed E-state index contributed by atoms with van der Waals surface area (Å²) in [6, 6.07) is 16.2. The third-order valence-corrected chi connectivity index (χ3v) is 4.61. The zero-order valence-electron chi connectivity index (χ0n) is 17.3. The summed E-state index contributed by atoms with van der Waals surface area (Å²) in [6.07, 6.45) is 0.290. The minimum Gasteiger partial charge on any atom is -0.467 e. The van der Waals surface area contributed by atoms with E-state index in [-0.39, 0.29) is 11.8 Å². The maximum atomic E-state index is 12.6. The summed E-state index contributed by atoms with van der Waals surface area (Å²) in [5.41, 5.74) is 3.06. The second-order valence-electron chi connectivity index (χ2n) is 7.27. The van der Waals surface area contributed by atoms with Crippen molar-refractivity contribution in [3.8, 4) is 11.1 Å². The molecule has 0 heterocycles. The van der Waals surface area contributed by atoms with E-state index in [9.17, 15) is 14.4 Å². The van der Waals surface area contributed by atoms with Crippen LogP contribution in [0.25, 0.3) is 11.1 Å². The van der Waals surface area contributed by atoms with Gasteiger partial charge in [-0.2, -0.15) is 0 Å². The van der Waals surface area contributed by atoms with Crippen LogP contribution in [0.5, 0.6) is 0 Å². The number of nitrogens with one attached hydrogen (secondary N) is 2. The number of benzene rings is 2. The molecule has 0 aromatic heterocycles. The molecule has 0 fully saturated rings. The van der Waals surface area contributed by atoms with Crippen LogP contribution in [0.4, 0.5) is 0 Å². The van der Waals surface area contributed by atoms with Gasteiger partial charge in [0.2, 0.25) is 11.8 Å². The number of rotatable bonds is 8. The van der Waals surface area contributed by atoms with E-state index < -0.39 is 24.0 Å². The minimum atomic E-state index is -0.843. The summed E-state index contributed by atoms with van der Waals surface area (Å²) in [5, 5.41) is 5.35. The topological polar surface area (TPSA) is 84.5 Å². The lowest BCUT2D eigenvalue weighted by Gasteiger charge is -2.24. The molecule has 29 heavy (non-hydrogen) atoms. The summed E-state index contributed by atoms with van der Waals surface area (Å²) >= 11 is 0. The van der Waals surface area contributed by atoms with E-state index in [1.165, 1.54) is 14.0 Å². The summed E-state index contributed by atoms with van der Waals surface area (Å²) < 4.78 is 4.86. The van der Waals surface area contributed by atoms with E-state index in [1.54, 1.807) is 0 Å². The zero-order valence-corrected chi connectivity index (χ0v) is 17.3. The van der Waals surface area contributed by atoms with E-state index in [4.69, 9.17) is 4.74 Å². The molecule has 6 heteroatoms. The Kier molecular flexibility index (Phi) is 7.95. The number of amides is 2. The Morgan fingerprint density at radius 2 is 1.48 bits per heavy atom. The van der Waals surface area contributed by atoms with Crippen molar-refractivity contribution in [2.45, 2.75) is 39.3 Å². The van der Waals surface area contributed by atoms with Gasteiger partial charge in [0.25, 0.3) is 0 Å². The highest BCUT2D eigenvalue weighted by Crippen LogP contribution is 2.20. The van der Waals surface area contributed by atoms with Gasteiger partial charge in [-0.15, -0.1) is 0 Å². The van der Waals surface area contributed by atoms with Gasteiger partial charge < -0.3 is 15.4 Å². The molecule has 0 unspecified atom stereocenters. The van der Waals surface area contributed by atoms with Gasteiger partial charge in [0.05, 0.1) is 7.11 Å². The van der Waals surface area contributed by atoms with Crippen LogP contribution in [0.1, 0.15) is 26.3 Å². The molecule has 154 valence electrons. The van der Waals surface area contributed by atoms with Gasteiger partial charge in [0.1, 0.15) is 12.1 Å². The Bertz CT molecular complexity index is 832. The molecule has 6 nitrogen and oxygen atoms in total. The Balaban J connectivity index is 2.13. The van der Waals surface area contributed by atoms with Crippen molar-refractivity contribution < 1.29 is 19.1 Å². The molecular formula is C23H28N2O4. The van der Waals surface area contributed by atoms with Crippen LogP contribution in [0.3, 0.4) is 0 Å². The molecule has 2 atom stereocenters. The van der Waals surface area contributed by atoms with Gasteiger partial charge in [0, 0.05) is 13.3 Å². The van der Waals surface area contributed by atoms with E-state index in [0.717, 1.165) is 16.7 Å². The van der Waals surface area contributed by atoms with Crippen molar-refractivity contribution in [2.24, 2.45) is 5.92 Å². The lowest BCUT2D eigenvalue weighted by atomic mass is 9.99. The maximum Gasteiger partial charge on any atom is 0.328 e. The quantitative estimate of drug-likeness (QED) is 0.672. The molecule has 2 N–H and O–H groups in total. The Morgan fingerprint density at radius 3 is 2.00 bits per heavy atom. The van der Waals surface area contributed by atoms with Gasteiger partial charge in [-0.05, 0) is 22.6 Å². The maximum absolute atomic E-state index is 12.6. The van der Waals surface area contributed by atoms with E-state index in [2.05, 4.69) is 10.6 Å². The second kappa shape index (κ2) is 10.4. The van der Waals surface area contributed by atoms with Gasteiger partial charge in [-0.3, -0.25) is 9.59 Å². The summed E-state index contributed by atoms with van der Waals surface area (Å²) in [7, 11) is 1.29. The molecule has 0 bridgehead atoms. The van der Waals surface area contributed by atoms with Crippen LogP contribution in [0.15, 0.2) is 54.6 Å². The number of hydrogen-bond acceptors (Lipinski definition) is 4. The van der Waals surface area contributed by atoms with Crippen LogP contribution in [-0.2, 0) is 25.5 Å². The molecule has 0 radical (unpaired) electrons. The number of methoxy groups -OCH3 is 1. The number of hydrogen-bond donors (Lipinski definition) is 2. The van der Waals surface area contributed by atoms with E-state index >= 15 is 0 Å². The highest BCUT2D eigenvalue weighted by atomic mass is 16.5. The van der Waals surface area contributed by atoms with Crippen molar-refractivity contribution in [3.63, 3.8) is 0 Å². The fraction of sp³-hybridized carbons (Fsp3) is 0.348. The fourth-order valence-electron chi connectivity index (χ4n) is 3.05. The highest BCUT2D eigenvalue weighted by molar-refractivity contribution is 5.90. The number of carbonyl (C=O) groups excluding carboxylic acids is 3. The highest BCUT2D eigenvalue weighted by Gasteiger charge is 2.28. The van der Waals surface area contributed by atoms with Crippen molar-refractivity contribution >= 4 is 17.8 Å². The Morgan fingerprint density at radius 1 is 0.897 bits per heavy atom. The molecule has 0 aliphatic rings. The average Bonchev–Trinajstić information content (AvgIpc) is 2.71. The monoisotopic (exact) mass is 396 g/mol. The van der Waals surface area contributed by atoms with Crippen LogP contribution >= 0.6 is 0 Å². The molecule has 0 spiro atoms. The van der Waals surface area contributed by atoms with Crippen molar-refractivity contribution in [1.82, 2.24) is 10.6 Å². The SMILES string of the molecule is COC(=O)[C@H](Cc1ccc(-c2ccccc2)cc1)NC(=O)[C@H](NC(C)=O)C(C)C. The van der Waals surface area contributed by atoms with E-state index in [1.807, 2.05) is 68.4 Å². The minimum absolute atomic E-state index is 0.123. The average molecular weight is 396 g/mol. The van der Waals surface area contributed by atoms with Crippen LogP contribution in [0.2, 0.25) is 0 Å². The molecule has 2 aromatic rings. The molecule has 2 rings (SSSR count). The number of carbonyl (C=O) groups is 3. The van der Waals surface area contributed by atoms with E-state index in [0.29, 0.717) is 6.42 Å². The predicted octanol–water partition coefficient (Wildman–Crippen LogP) is 2.71. The smallest absolute Gasteiger partial charge is 0.328 e. The summed E-state index contributed by atoms with van der Waals surface area (Å²) in [6.45, 7) is 5.01. The molecule has 0 aliphatic carbocycles. The lowest BCUT2D eigenvalue weighted by molar-refractivity contribution is -0.145. The number of ether oxygens (including phenoxy) is 1. The first-order valence-electron chi connectivity index (χ1n) is 9.61. The van der Waals surface area contributed by atoms with Gasteiger partial charge >= 0.3 is 5.97 Å². The molecule has 0 saturated heterocycles. The van der Waals surface area contributed by atoms with Gasteiger partial charge in [-0.1, -0.05) is 68.4 Å². The van der Waals surface area contributed by atoms with Crippen molar-refractivity contribution in [3.05, 3.63) is 60.2 Å². The summed E-state index contributed by atoms with van der Waals surface area (Å²) in [4.78, 5) is 36.3. The first-order chi connectivity index (χ1) is 13.8. The van der Waals surface area contributed by atoms with Gasteiger partial charge in [0.15, 0.2) is 0 Å². The third kappa shape index (κ3) is 6.45. The van der Waals surface area contributed by atoms with Crippen molar-refractivity contribution in [2.75, 3.05) is 7.11 Å². The van der Waals surface area contributed by atoms with Crippen LogP contribution < -0.4 is 10.6 Å². The van der Waals surface area contributed by atoms with Crippen LogP contribution in [0, 0.1) is 5.92 Å². The lowest BCUT2D eigenvalue weighted by Crippen LogP contribution is -2.54. The molecule has 0 aliphatic heterocycles. The summed E-state index contributed by atoms with van der Waals surface area (Å²) in [5.74, 6) is -1.37.